The van der Waals surface area contributed by atoms with Crippen LogP contribution in [0.1, 0.15) is 15.9 Å². The third-order valence-electron chi connectivity index (χ3n) is 4.39. The van der Waals surface area contributed by atoms with Crippen LogP contribution in [0, 0.1) is 0 Å². The molecule has 2 aromatic carbocycles. The van der Waals surface area contributed by atoms with E-state index in [4.69, 9.17) is 23.2 Å². The van der Waals surface area contributed by atoms with Crippen molar-refractivity contribution in [3.8, 4) is 0 Å². The smallest absolute Gasteiger partial charge is 0.257 e. The topological polar surface area (TPSA) is 35.6 Å². The number of halogens is 2. The van der Waals surface area contributed by atoms with Crippen LogP contribution < -0.4 is 5.32 Å². The van der Waals surface area contributed by atoms with Gasteiger partial charge >= 0.3 is 0 Å². The summed E-state index contributed by atoms with van der Waals surface area (Å²) < 4.78 is 0. The Labute approximate surface area is 158 Å². The number of piperazine rings is 1. The molecule has 0 unspecified atom stereocenters. The molecule has 1 amide bonds. The molecule has 0 radical (unpaired) electrons. The molecular weight excluding hydrogens is 357 g/mol. The van der Waals surface area contributed by atoms with E-state index in [2.05, 4.69) is 22.2 Å². The first-order valence-electron chi connectivity index (χ1n) is 8.27. The molecule has 0 spiro atoms. The molecule has 1 saturated heterocycles. The first-order chi connectivity index (χ1) is 12.0. The Bertz CT molecular complexity index is 741. The van der Waals surface area contributed by atoms with Crippen molar-refractivity contribution in [1.82, 2.24) is 9.80 Å². The Hall–Kier alpha value is -1.59. The summed E-state index contributed by atoms with van der Waals surface area (Å²) in [5, 5.41) is 3.73. The maximum atomic E-state index is 12.4. The van der Waals surface area contributed by atoms with E-state index in [1.54, 1.807) is 18.2 Å². The third kappa shape index (κ3) is 4.95. The van der Waals surface area contributed by atoms with E-state index in [1.165, 1.54) is 5.56 Å². The lowest BCUT2D eigenvalue weighted by Gasteiger charge is -2.32. The Morgan fingerprint density at radius 1 is 1.04 bits per heavy atom. The van der Waals surface area contributed by atoms with Crippen LogP contribution in [0.2, 0.25) is 10.0 Å². The summed E-state index contributed by atoms with van der Waals surface area (Å²) in [6.07, 6.45) is 0. The van der Waals surface area contributed by atoms with E-state index in [1.807, 2.05) is 24.3 Å². The molecule has 2 aromatic rings. The Kier molecular flexibility index (Phi) is 5.97. The Morgan fingerprint density at radius 3 is 2.40 bits per heavy atom. The number of benzene rings is 2. The fourth-order valence-electron chi connectivity index (χ4n) is 2.83. The number of rotatable bonds is 4. The molecule has 1 heterocycles. The minimum Gasteiger partial charge on any atom is -0.322 e. The number of carbonyl (C=O) groups excluding carboxylic acids is 1. The fourth-order valence-corrected chi connectivity index (χ4v) is 3.20. The van der Waals surface area contributed by atoms with Gasteiger partial charge in [0, 0.05) is 43.4 Å². The highest BCUT2D eigenvalue weighted by molar-refractivity contribution is 6.36. The van der Waals surface area contributed by atoms with Gasteiger partial charge in [-0.1, -0.05) is 35.3 Å². The molecule has 0 atom stereocenters. The van der Waals surface area contributed by atoms with Crippen LogP contribution in [0.25, 0.3) is 0 Å². The van der Waals surface area contributed by atoms with Gasteiger partial charge in [-0.3, -0.25) is 9.69 Å². The molecule has 0 aliphatic carbocycles. The van der Waals surface area contributed by atoms with Crippen LogP contribution >= 0.6 is 23.2 Å². The average molecular weight is 378 g/mol. The molecule has 1 N–H and O–H groups in total. The number of hydrogen-bond donors (Lipinski definition) is 1. The van der Waals surface area contributed by atoms with Crippen molar-refractivity contribution in [2.75, 3.05) is 38.5 Å². The second-order valence-electron chi connectivity index (χ2n) is 6.35. The van der Waals surface area contributed by atoms with Crippen molar-refractivity contribution in [2.45, 2.75) is 6.54 Å². The van der Waals surface area contributed by atoms with Crippen LogP contribution in [-0.4, -0.2) is 48.9 Å². The number of nitrogens with zero attached hydrogens (tertiary/aromatic N) is 2. The minimum absolute atomic E-state index is 0.265. The lowest BCUT2D eigenvalue weighted by molar-refractivity contribution is 0.102. The van der Waals surface area contributed by atoms with Crippen molar-refractivity contribution in [3.05, 3.63) is 63.6 Å². The number of carbonyl (C=O) groups is 1. The number of hydrogen-bond acceptors (Lipinski definition) is 3. The van der Waals surface area contributed by atoms with Gasteiger partial charge in [-0.15, -0.1) is 0 Å². The summed E-state index contributed by atoms with van der Waals surface area (Å²) in [6, 6.07) is 12.8. The highest BCUT2D eigenvalue weighted by atomic mass is 35.5. The zero-order chi connectivity index (χ0) is 17.8. The molecule has 1 aliphatic heterocycles. The van der Waals surface area contributed by atoms with Crippen molar-refractivity contribution in [3.63, 3.8) is 0 Å². The molecule has 132 valence electrons. The normalized spacial score (nSPS) is 16.0. The van der Waals surface area contributed by atoms with Crippen molar-refractivity contribution in [2.24, 2.45) is 0 Å². The Balaban J connectivity index is 1.60. The van der Waals surface area contributed by atoms with E-state index in [-0.39, 0.29) is 5.91 Å². The predicted molar refractivity (Wildman–Crippen MR) is 104 cm³/mol. The van der Waals surface area contributed by atoms with Gasteiger partial charge in [0.25, 0.3) is 5.91 Å². The molecule has 0 bridgehead atoms. The Morgan fingerprint density at radius 2 is 1.72 bits per heavy atom. The van der Waals surface area contributed by atoms with Gasteiger partial charge in [0.05, 0.1) is 10.6 Å². The average Bonchev–Trinajstić information content (AvgIpc) is 2.60. The van der Waals surface area contributed by atoms with E-state index in [0.717, 1.165) is 38.4 Å². The highest BCUT2D eigenvalue weighted by Gasteiger charge is 2.14. The summed E-state index contributed by atoms with van der Waals surface area (Å²) in [6.45, 7) is 5.32. The molecular formula is C19H21Cl2N3O. The minimum atomic E-state index is -0.265. The van der Waals surface area contributed by atoms with E-state index < -0.39 is 0 Å². The zero-order valence-corrected chi connectivity index (χ0v) is 15.6. The molecule has 0 saturated carbocycles. The number of nitrogens with one attached hydrogen (secondary N) is 1. The molecule has 6 heteroatoms. The maximum Gasteiger partial charge on any atom is 0.257 e. The quantitative estimate of drug-likeness (QED) is 0.874. The van der Waals surface area contributed by atoms with Gasteiger partial charge in [-0.2, -0.15) is 0 Å². The standard InChI is InChI=1S/C19H21Cl2N3O/c1-23-8-10-24(11-9-23)13-14-2-5-16(6-3-14)22-19(25)17-12-15(20)4-7-18(17)21/h2-7,12H,8-11,13H2,1H3,(H,22,25). The van der Waals surface area contributed by atoms with Crippen molar-refractivity contribution >= 4 is 34.8 Å². The lowest BCUT2D eigenvalue weighted by atomic mass is 10.1. The summed E-state index contributed by atoms with van der Waals surface area (Å²) in [5.74, 6) is -0.265. The SMILES string of the molecule is CN1CCN(Cc2ccc(NC(=O)c3cc(Cl)ccc3Cl)cc2)CC1. The summed E-state index contributed by atoms with van der Waals surface area (Å²) >= 11 is 12.0. The van der Waals surface area contributed by atoms with Gasteiger partial charge in [0.1, 0.15) is 0 Å². The largest absolute Gasteiger partial charge is 0.322 e. The van der Waals surface area contributed by atoms with Gasteiger partial charge in [-0.25, -0.2) is 0 Å². The molecule has 1 aliphatic rings. The number of likely N-dealkylation sites (N-methyl/N-ethyl adjacent to an activating group) is 1. The fraction of sp³-hybridized carbons (Fsp3) is 0.316. The first kappa shape index (κ1) is 18.2. The van der Waals surface area contributed by atoms with Crippen LogP contribution in [0.3, 0.4) is 0 Å². The molecule has 1 fully saturated rings. The van der Waals surface area contributed by atoms with E-state index in [9.17, 15) is 4.79 Å². The molecule has 25 heavy (non-hydrogen) atoms. The van der Waals surface area contributed by atoms with Gasteiger partial charge in [0.2, 0.25) is 0 Å². The van der Waals surface area contributed by atoms with Crippen LogP contribution in [0.4, 0.5) is 5.69 Å². The predicted octanol–water partition coefficient (Wildman–Crippen LogP) is 3.99. The third-order valence-corrected chi connectivity index (χ3v) is 4.95. The van der Waals surface area contributed by atoms with Gasteiger partial charge < -0.3 is 10.2 Å². The lowest BCUT2D eigenvalue weighted by Crippen LogP contribution is -2.43. The highest BCUT2D eigenvalue weighted by Crippen LogP contribution is 2.22. The summed E-state index contributed by atoms with van der Waals surface area (Å²) in [4.78, 5) is 17.1. The van der Waals surface area contributed by atoms with E-state index in [0.29, 0.717) is 15.6 Å². The number of anilines is 1. The maximum absolute atomic E-state index is 12.4. The van der Waals surface area contributed by atoms with Gasteiger partial charge in [0.15, 0.2) is 0 Å². The molecule has 4 nitrogen and oxygen atoms in total. The van der Waals surface area contributed by atoms with Crippen molar-refractivity contribution in [1.29, 1.82) is 0 Å². The monoisotopic (exact) mass is 377 g/mol. The second kappa shape index (κ2) is 8.19. The van der Waals surface area contributed by atoms with Crippen molar-refractivity contribution < 1.29 is 4.79 Å². The van der Waals surface area contributed by atoms with Gasteiger partial charge in [-0.05, 0) is 42.9 Å². The molecule has 3 rings (SSSR count). The first-order valence-corrected chi connectivity index (χ1v) is 9.03. The summed E-state index contributed by atoms with van der Waals surface area (Å²) in [7, 11) is 2.15. The summed E-state index contributed by atoms with van der Waals surface area (Å²) in [5.41, 5.74) is 2.35. The second-order valence-corrected chi connectivity index (χ2v) is 7.20. The van der Waals surface area contributed by atoms with Crippen LogP contribution in [0.5, 0.6) is 0 Å². The number of amides is 1. The zero-order valence-electron chi connectivity index (χ0n) is 14.1. The molecule has 0 aromatic heterocycles. The van der Waals surface area contributed by atoms with E-state index >= 15 is 0 Å². The van der Waals surface area contributed by atoms with Crippen LogP contribution in [-0.2, 0) is 6.54 Å². The van der Waals surface area contributed by atoms with Crippen LogP contribution in [0.15, 0.2) is 42.5 Å².